The minimum atomic E-state index is -1.70. The number of nitrogens with two attached hydrogens (primary N) is 4. The van der Waals surface area contributed by atoms with Crippen LogP contribution in [0.4, 0.5) is 0 Å². The molecule has 5 rings (SSSR count). The van der Waals surface area contributed by atoms with Crippen molar-refractivity contribution < 1.29 is 58.5 Å². The fourth-order valence-electron chi connectivity index (χ4n) is 8.64. The van der Waals surface area contributed by atoms with Crippen LogP contribution in [0.5, 0.6) is 11.5 Å². The van der Waals surface area contributed by atoms with Gasteiger partial charge < -0.3 is 75.1 Å². The van der Waals surface area contributed by atoms with Crippen LogP contribution in [0.2, 0.25) is 5.02 Å². The van der Waals surface area contributed by atoms with Gasteiger partial charge in [-0.25, -0.2) is 0 Å². The summed E-state index contributed by atoms with van der Waals surface area (Å²) in [4.78, 5) is 127. The number of amides is 9. The Kier molecular flexibility index (Phi) is 25.1. The van der Waals surface area contributed by atoms with Crippen molar-refractivity contribution in [2.45, 2.75) is 113 Å². The summed E-state index contributed by atoms with van der Waals surface area (Å²) in [6.07, 6.45) is -0.755. The van der Waals surface area contributed by atoms with E-state index in [0.717, 1.165) is 26.5 Å². The lowest BCUT2D eigenvalue weighted by atomic mass is 10.00. The van der Waals surface area contributed by atoms with Crippen molar-refractivity contribution in [1.82, 2.24) is 36.8 Å². The van der Waals surface area contributed by atoms with Gasteiger partial charge in [0.15, 0.2) is 0 Å². The molecule has 436 valence electrons. The third kappa shape index (κ3) is 20.3. The van der Waals surface area contributed by atoms with Crippen LogP contribution in [0.15, 0.2) is 97.1 Å². The van der Waals surface area contributed by atoms with E-state index in [4.69, 9.17) is 34.5 Å². The van der Waals surface area contributed by atoms with E-state index in [1.54, 1.807) is 24.3 Å². The molecule has 0 radical (unpaired) electrons. The number of benzene rings is 4. The van der Waals surface area contributed by atoms with Gasteiger partial charge in [0, 0.05) is 48.4 Å². The Balaban J connectivity index is 1.60. The zero-order valence-corrected chi connectivity index (χ0v) is 47.1. The Bertz CT molecular complexity index is 2820. The molecule has 0 unspecified atom stereocenters. The quantitative estimate of drug-likeness (QED) is 0.0408. The van der Waals surface area contributed by atoms with E-state index < -0.39 is 108 Å². The molecule has 1 aliphatic heterocycles. The van der Waals surface area contributed by atoms with Crippen molar-refractivity contribution in [3.8, 4) is 11.5 Å². The van der Waals surface area contributed by atoms with E-state index in [0.29, 0.717) is 53.1 Å². The number of carbonyl (C=O) groups is 9. The van der Waals surface area contributed by atoms with E-state index in [-0.39, 0.29) is 60.7 Å². The number of likely N-dealkylation sites (N-methyl/N-ethyl adjacent to an activating group) is 1. The zero-order chi connectivity index (χ0) is 59.3. The van der Waals surface area contributed by atoms with Crippen molar-refractivity contribution >= 4 is 86.4 Å². The summed E-state index contributed by atoms with van der Waals surface area (Å²) < 4.78 is 0. The summed E-state index contributed by atoms with van der Waals surface area (Å²) >= 11 is 6.08. The van der Waals surface area contributed by atoms with Gasteiger partial charge in [0.25, 0.3) is 0 Å². The third-order valence-electron chi connectivity index (χ3n) is 13.2. The van der Waals surface area contributed by atoms with Crippen LogP contribution in [0, 0.1) is 0 Å². The van der Waals surface area contributed by atoms with Crippen LogP contribution in [0.25, 0.3) is 0 Å². The maximum Gasteiger partial charge on any atom is 0.248 e. The number of halogens is 1. The molecule has 0 aromatic heterocycles. The van der Waals surface area contributed by atoms with Crippen molar-refractivity contribution in [2.75, 3.05) is 25.1 Å². The normalized spacial score (nSPS) is 21.0. The Morgan fingerprint density at radius 3 is 1.73 bits per heavy atom. The average molecular weight is 1180 g/mol. The van der Waals surface area contributed by atoms with Crippen LogP contribution >= 0.6 is 33.2 Å². The molecule has 17 N–H and O–H groups in total. The largest absolute Gasteiger partial charge is 0.508 e. The number of rotatable bonds is 20. The predicted molar refractivity (Wildman–Crippen MR) is 307 cm³/mol. The summed E-state index contributed by atoms with van der Waals surface area (Å²) in [5, 5.41) is 47.7. The van der Waals surface area contributed by atoms with Gasteiger partial charge in [-0.3, -0.25) is 43.2 Å². The van der Waals surface area contributed by atoms with Crippen LogP contribution < -0.4 is 54.8 Å². The molecule has 0 saturated carbocycles. The molecule has 81 heavy (non-hydrogen) atoms. The molecule has 1 fully saturated rings. The first-order valence-electron chi connectivity index (χ1n) is 26.0. The van der Waals surface area contributed by atoms with Crippen molar-refractivity contribution in [3.05, 3.63) is 130 Å². The lowest BCUT2D eigenvalue weighted by molar-refractivity contribution is -0.146. The summed E-state index contributed by atoms with van der Waals surface area (Å²) in [6, 6.07) is 12.4. The number of hydrogen-bond acceptors (Lipinski definition) is 16. The van der Waals surface area contributed by atoms with Crippen LogP contribution in [0.1, 0.15) is 65.2 Å². The highest BCUT2D eigenvalue weighted by Gasteiger charge is 2.39. The molecule has 1 saturated heterocycles. The number of primary amides is 2. The van der Waals surface area contributed by atoms with Gasteiger partial charge in [0.05, 0.1) is 12.1 Å². The van der Waals surface area contributed by atoms with E-state index in [2.05, 4.69) is 31.9 Å². The van der Waals surface area contributed by atoms with Gasteiger partial charge in [-0.2, -0.15) is 0 Å². The second kappa shape index (κ2) is 31.5. The molecular weight excluding hydrogens is 1110 g/mol. The Morgan fingerprint density at radius 1 is 0.679 bits per heavy atom. The number of nitrogens with one attached hydrogen (secondary N) is 6. The van der Waals surface area contributed by atoms with E-state index >= 15 is 0 Å². The minimum Gasteiger partial charge on any atom is -0.508 e. The van der Waals surface area contributed by atoms with Crippen LogP contribution in [0.3, 0.4) is 0 Å². The molecule has 9 amide bonds. The van der Waals surface area contributed by atoms with E-state index in [1.807, 2.05) is 0 Å². The predicted octanol–water partition coefficient (Wildman–Crippen LogP) is -0.0360. The van der Waals surface area contributed by atoms with Gasteiger partial charge in [0.2, 0.25) is 53.2 Å². The maximum absolute atomic E-state index is 14.8. The first-order chi connectivity index (χ1) is 38.5. The Morgan fingerprint density at radius 2 is 1.19 bits per heavy atom. The van der Waals surface area contributed by atoms with Crippen LogP contribution in [-0.4, -0.2) is 153 Å². The van der Waals surface area contributed by atoms with Gasteiger partial charge in [-0.15, -0.1) is 0 Å². The van der Waals surface area contributed by atoms with Crippen molar-refractivity contribution in [1.29, 1.82) is 0 Å². The Labute approximate surface area is 481 Å². The Hall–Kier alpha value is -7.42. The molecule has 0 bridgehead atoms. The summed E-state index contributed by atoms with van der Waals surface area (Å²) in [5.74, 6) is -8.58. The maximum atomic E-state index is 14.8. The van der Waals surface area contributed by atoms with Gasteiger partial charge >= 0.3 is 0 Å². The van der Waals surface area contributed by atoms with Gasteiger partial charge in [0.1, 0.15) is 53.8 Å². The van der Waals surface area contributed by atoms with Crippen molar-refractivity contribution in [3.63, 3.8) is 0 Å². The number of nitrogens with zero attached hydrogens (tertiary/aromatic N) is 1. The molecule has 1 aliphatic rings. The number of unbranched alkanes of at least 4 members (excludes halogenated alkanes) is 2. The number of carbonyl (C=O) groups excluding carboxylic acids is 9. The molecule has 23 nitrogen and oxygen atoms in total. The minimum absolute atomic E-state index is 0.0124. The molecule has 0 spiro atoms. The SMILES string of the molecule is C[C@@H](O)[C@H]1C(=O)N[C@H](C(=O)N[C@H](Cc2ccc(O)cc2)C(N)=O)CSSC[C@@H](NC(=O)[C@@H](N)Cc2ccc(Cl)cc2)C(=O)N[C@@H](Cc2ccc(O)cc2)C(=O)N[C@H](Cc2ccc(C(N)=O)cc2)C(=O)N[C@@H](CCCCCN)C(=O)N1C. The monoisotopic (exact) mass is 1180 g/mol. The smallest absolute Gasteiger partial charge is 0.248 e. The summed E-state index contributed by atoms with van der Waals surface area (Å²) in [6.45, 7) is 1.57. The molecule has 26 heteroatoms. The highest BCUT2D eigenvalue weighted by atomic mass is 35.5. The molecule has 4 aromatic carbocycles. The number of phenolic OH excluding ortho intramolecular Hbond substituents is 2. The average Bonchev–Trinajstić information content (AvgIpc) is 3.45. The number of aliphatic hydroxyl groups is 1. The lowest BCUT2D eigenvalue weighted by Gasteiger charge is -2.34. The number of aliphatic hydroxyl groups excluding tert-OH is 1. The second-order valence-electron chi connectivity index (χ2n) is 19.6. The molecule has 9 atom stereocenters. The van der Waals surface area contributed by atoms with E-state index in [9.17, 15) is 58.5 Å². The molecule has 0 aliphatic carbocycles. The fourth-order valence-corrected chi connectivity index (χ4v) is 11.1. The third-order valence-corrected chi connectivity index (χ3v) is 15.9. The van der Waals surface area contributed by atoms with Gasteiger partial charge in [-0.05, 0) is 104 Å². The first kappa shape index (κ1) is 64.4. The van der Waals surface area contributed by atoms with E-state index in [1.165, 1.54) is 86.8 Å². The highest BCUT2D eigenvalue weighted by Crippen LogP contribution is 2.25. The topological polar surface area (TPSA) is 394 Å². The number of hydrogen-bond donors (Lipinski definition) is 13. The molecule has 4 aromatic rings. The van der Waals surface area contributed by atoms with Crippen LogP contribution in [-0.2, 0) is 64.0 Å². The number of aromatic hydroxyl groups is 2. The van der Waals surface area contributed by atoms with Crippen molar-refractivity contribution in [2.24, 2.45) is 22.9 Å². The first-order valence-corrected chi connectivity index (χ1v) is 28.8. The highest BCUT2D eigenvalue weighted by molar-refractivity contribution is 8.76. The molecule has 1 heterocycles. The second-order valence-corrected chi connectivity index (χ2v) is 22.5. The standard InChI is InChI=1S/C55H70ClN11O12S2/c1-30(68)46-54(78)66-45(52(76)62-41(48(60)72)25-33-11-19-37(69)20-12-33)29-81-80-28-44(65-49(73)39(58)24-31-9-17-36(56)18-10-31)53(77)64-43(27-34-13-21-38(70)22-14-34)51(75)63-42(26-32-7-15-35(16-8-32)47(59)71)50(74)61-40(55(79)67(46)2)6-4-3-5-23-57/h7-22,30,39-46,68-70H,3-6,23-29,57-58H2,1-2H3,(H2,59,71)(H2,60,72)(H,61,74)(H,62,76)(H,63,75)(H,64,77)(H,65,73)(H,66,78)/t30-,39+,40+,41-,42-,43+,44-,45+,46+/m1/s1. The summed E-state index contributed by atoms with van der Waals surface area (Å²) in [5.41, 5.74) is 25.6. The summed E-state index contributed by atoms with van der Waals surface area (Å²) in [7, 11) is 3.15. The lowest BCUT2D eigenvalue weighted by Crippen LogP contribution is -2.62. The molecular formula is C55H70ClN11O12S2. The number of phenols is 2. The zero-order valence-electron chi connectivity index (χ0n) is 44.7. The fraction of sp³-hybridized carbons (Fsp3) is 0.400. The van der Waals surface area contributed by atoms with Gasteiger partial charge in [-0.1, -0.05) is 94.6 Å².